The molecular formula is C29H25FN6O7. The van der Waals surface area contributed by atoms with Gasteiger partial charge in [0.05, 0.1) is 6.33 Å². The molecule has 0 bridgehead atoms. The number of para-hydroxylation sites is 1. The number of ether oxygens (including phenoxy) is 4. The minimum absolute atomic E-state index is 0.148. The number of amides is 2. The maximum Gasteiger partial charge on any atom is 0.339 e. The number of imidazole rings is 1. The van der Waals surface area contributed by atoms with E-state index in [4.69, 9.17) is 18.9 Å². The summed E-state index contributed by atoms with van der Waals surface area (Å²) in [5.41, 5.74) is 1.18. The second kappa shape index (κ2) is 11.1. The molecule has 14 heteroatoms. The van der Waals surface area contributed by atoms with Crippen molar-refractivity contribution in [3.8, 4) is 5.75 Å². The smallest absolute Gasteiger partial charge is 0.339 e. The molecule has 3 fully saturated rings. The number of fused-ring (bicyclic) bond motifs is 2. The maximum atomic E-state index is 14.8. The molecule has 43 heavy (non-hydrogen) atoms. The lowest BCUT2D eigenvalue weighted by Crippen LogP contribution is -2.33. The first-order valence-electron chi connectivity index (χ1n) is 13.6. The van der Waals surface area contributed by atoms with Crippen LogP contribution in [0.2, 0.25) is 0 Å². The molecule has 2 aromatic heterocycles. The van der Waals surface area contributed by atoms with Crippen LogP contribution in [-0.2, 0) is 14.2 Å². The van der Waals surface area contributed by atoms with Gasteiger partial charge in [-0.2, -0.15) is 0 Å². The molecular weight excluding hydrogens is 563 g/mol. The Kier molecular flexibility index (Phi) is 6.93. The highest BCUT2D eigenvalue weighted by Gasteiger charge is 2.55. The van der Waals surface area contributed by atoms with E-state index in [0.29, 0.717) is 11.2 Å². The van der Waals surface area contributed by atoms with Gasteiger partial charge >= 0.3 is 12.0 Å². The van der Waals surface area contributed by atoms with Crippen molar-refractivity contribution in [1.82, 2.24) is 24.8 Å². The number of benzene rings is 2. The molecule has 0 radical (unpaired) electrons. The summed E-state index contributed by atoms with van der Waals surface area (Å²) in [5.74, 6) is -2.52. The number of nitrogens with zero attached hydrogens (tertiary/aromatic N) is 4. The van der Waals surface area contributed by atoms with Crippen molar-refractivity contribution in [3.05, 3.63) is 84.2 Å². The Morgan fingerprint density at radius 3 is 2.63 bits per heavy atom. The summed E-state index contributed by atoms with van der Waals surface area (Å²) in [6, 6.07) is 12.9. The zero-order valence-electron chi connectivity index (χ0n) is 22.4. The van der Waals surface area contributed by atoms with Gasteiger partial charge in [0.15, 0.2) is 47.2 Å². The first-order chi connectivity index (χ1) is 20.9. The van der Waals surface area contributed by atoms with Gasteiger partial charge in [0.25, 0.3) is 0 Å². The molecule has 5 atom stereocenters. The number of aromatic nitrogens is 4. The average molecular weight is 589 g/mol. The molecule has 3 aliphatic rings. The predicted molar refractivity (Wildman–Crippen MR) is 147 cm³/mol. The van der Waals surface area contributed by atoms with E-state index in [2.05, 4.69) is 25.6 Å². The topological polar surface area (TPSA) is 159 Å². The molecule has 2 saturated heterocycles. The average Bonchev–Trinajstić information content (AvgIpc) is 3.40. The number of aromatic carboxylic acids is 1. The third-order valence-electron chi connectivity index (χ3n) is 7.18. The number of urea groups is 1. The van der Waals surface area contributed by atoms with Crippen LogP contribution in [-0.4, -0.2) is 67.5 Å². The number of carboxylic acid groups (broad SMARTS) is 1. The zero-order chi connectivity index (χ0) is 29.5. The number of anilines is 1. The summed E-state index contributed by atoms with van der Waals surface area (Å²) in [5, 5.41) is 15.2. The highest BCUT2D eigenvalue weighted by atomic mass is 19.1. The highest BCUT2D eigenvalue weighted by molar-refractivity contribution is 5.96. The quantitative estimate of drug-likeness (QED) is 0.277. The molecule has 0 spiro atoms. The molecule has 13 nitrogen and oxygen atoms in total. The van der Waals surface area contributed by atoms with E-state index in [1.807, 2.05) is 36.4 Å². The Bertz CT molecular complexity index is 1710. The van der Waals surface area contributed by atoms with E-state index >= 15 is 0 Å². The van der Waals surface area contributed by atoms with Crippen molar-refractivity contribution in [3.63, 3.8) is 0 Å². The Hall–Kier alpha value is -4.92. The monoisotopic (exact) mass is 588 g/mol. The lowest BCUT2D eigenvalue weighted by atomic mass is 10.2. The molecule has 1 aliphatic carbocycles. The SMILES string of the molecule is O=C(Nc1ncnc2c1ncn2C1OC(Oc2c(F)cccc2C(=O)O)C2O[C@H](C=Cc3ccccc3)OC21)NC1CC1. The number of hydrogen-bond donors (Lipinski definition) is 3. The zero-order valence-corrected chi connectivity index (χ0v) is 22.4. The van der Waals surface area contributed by atoms with Gasteiger partial charge in [-0.25, -0.2) is 28.9 Å². The molecule has 4 heterocycles. The van der Waals surface area contributed by atoms with Crippen molar-refractivity contribution >= 4 is 35.1 Å². The number of hydrogen-bond acceptors (Lipinski definition) is 9. The molecule has 1 saturated carbocycles. The van der Waals surface area contributed by atoms with Crippen molar-refractivity contribution in [2.24, 2.45) is 0 Å². The van der Waals surface area contributed by atoms with E-state index < -0.39 is 54.6 Å². The fraction of sp³-hybridized carbons (Fsp3) is 0.276. The second-order valence-electron chi connectivity index (χ2n) is 10.2. The second-order valence-corrected chi connectivity index (χ2v) is 10.2. The van der Waals surface area contributed by atoms with Crippen LogP contribution in [0, 0.1) is 5.82 Å². The summed E-state index contributed by atoms with van der Waals surface area (Å²) in [6.45, 7) is 0. The Labute approximate surface area is 243 Å². The van der Waals surface area contributed by atoms with Gasteiger partial charge < -0.3 is 29.4 Å². The summed E-state index contributed by atoms with van der Waals surface area (Å²) >= 11 is 0. The minimum Gasteiger partial charge on any atom is -0.478 e. The van der Waals surface area contributed by atoms with E-state index in [-0.39, 0.29) is 17.4 Å². The normalized spacial score (nSPS) is 24.7. The molecule has 2 aliphatic heterocycles. The molecule has 4 unspecified atom stereocenters. The Balaban J connectivity index is 1.20. The van der Waals surface area contributed by atoms with Crippen LogP contribution in [0.4, 0.5) is 15.0 Å². The first-order valence-corrected chi connectivity index (χ1v) is 13.6. The molecule has 2 aromatic carbocycles. The van der Waals surface area contributed by atoms with Crippen LogP contribution in [0.25, 0.3) is 17.2 Å². The van der Waals surface area contributed by atoms with Crippen LogP contribution in [0.5, 0.6) is 5.75 Å². The van der Waals surface area contributed by atoms with Crippen LogP contribution in [0.3, 0.4) is 0 Å². The maximum absolute atomic E-state index is 14.8. The van der Waals surface area contributed by atoms with E-state index in [1.54, 1.807) is 10.6 Å². The number of rotatable bonds is 8. The molecule has 220 valence electrons. The third-order valence-corrected chi connectivity index (χ3v) is 7.18. The van der Waals surface area contributed by atoms with Gasteiger partial charge in [-0.15, -0.1) is 0 Å². The van der Waals surface area contributed by atoms with Crippen LogP contribution < -0.4 is 15.4 Å². The standard InChI is InChI=1S/C29H25FN6O7/c30-18-8-4-7-17(27(37)38)21(18)42-28-23-22(40-19(41-23)12-9-15-5-2-1-3-6-15)26(43-28)36-14-33-20-24(31-13-32-25(20)36)35-29(39)34-16-10-11-16/h1-9,12-14,16,19,22-23,26,28H,10-11H2,(H,37,38)(H2,31,32,34,35,39)/t19-,22?,23?,26?,28?/m1/s1. The van der Waals surface area contributed by atoms with Crippen molar-refractivity contribution in [2.45, 2.75) is 49.9 Å². The predicted octanol–water partition coefficient (Wildman–Crippen LogP) is 3.70. The van der Waals surface area contributed by atoms with Crippen LogP contribution in [0.15, 0.2) is 67.3 Å². The van der Waals surface area contributed by atoms with Gasteiger partial charge in [-0.3, -0.25) is 9.88 Å². The number of carbonyl (C=O) groups excluding carboxylic acids is 1. The molecule has 7 rings (SSSR count). The minimum atomic E-state index is -1.36. The van der Waals surface area contributed by atoms with Gasteiger partial charge in [-0.05, 0) is 36.6 Å². The molecule has 2 amide bonds. The lowest BCUT2D eigenvalue weighted by molar-refractivity contribution is -0.177. The van der Waals surface area contributed by atoms with Crippen LogP contribution in [0.1, 0.15) is 35.0 Å². The summed E-state index contributed by atoms with van der Waals surface area (Å²) in [6.07, 6.45) is 3.45. The number of halogens is 1. The number of nitrogens with one attached hydrogen (secondary N) is 2. The van der Waals surface area contributed by atoms with E-state index in [0.717, 1.165) is 24.5 Å². The summed E-state index contributed by atoms with van der Waals surface area (Å²) < 4.78 is 40.7. The van der Waals surface area contributed by atoms with E-state index in [1.165, 1.54) is 24.8 Å². The Morgan fingerprint density at radius 2 is 1.84 bits per heavy atom. The number of carbonyl (C=O) groups is 2. The summed E-state index contributed by atoms with van der Waals surface area (Å²) in [7, 11) is 0. The van der Waals surface area contributed by atoms with Gasteiger partial charge in [0.2, 0.25) is 6.29 Å². The van der Waals surface area contributed by atoms with Crippen LogP contribution >= 0.6 is 0 Å². The Morgan fingerprint density at radius 1 is 1.02 bits per heavy atom. The highest BCUT2D eigenvalue weighted by Crippen LogP contribution is 2.42. The van der Waals surface area contributed by atoms with Gasteiger partial charge in [0.1, 0.15) is 18.0 Å². The lowest BCUT2D eigenvalue weighted by Gasteiger charge is -2.21. The number of carboxylic acids is 1. The molecule has 4 aromatic rings. The van der Waals surface area contributed by atoms with Gasteiger partial charge in [-0.1, -0.05) is 42.5 Å². The fourth-order valence-corrected chi connectivity index (χ4v) is 5.00. The van der Waals surface area contributed by atoms with E-state index in [9.17, 15) is 19.1 Å². The van der Waals surface area contributed by atoms with Crippen molar-refractivity contribution in [1.29, 1.82) is 0 Å². The van der Waals surface area contributed by atoms with Gasteiger partial charge in [0, 0.05) is 6.04 Å². The summed E-state index contributed by atoms with van der Waals surface area (Å²) in [4.78, 5) is 37.1. The third kappa shape index (κ3) is 5.38. The fourth-order valence-electron chi connectivity index (χ4n) is 5.00. The van der Waals surface area contributed by atoms with Crippen molar-refractivity contribution < 1.29 is 38.0 Å². The molecule has 3 N–H and O–H groups in total. The first kappa shape index (κ1) is 26.9. The van der Waals surface area contributed by atoms with Crippen molar-refractivity contribution in [2.75, 3.05) is 5.32 Å². The largest absolute Gasteiger partial charge is 0.478 e.